The van der Waals surface area contributed by atoms with Crippen molar-refractivity contribution in [2.24, 2.45) is 4.99 Å². The van der Waals surface area contributed by atoms with Gasteiger partial charge in [0, 0.05) is 58.8 Å². The van der Waals surface area contributed by atoms with Gasteiger partial charge in [0.25, 0.3) is 0 Å². The summed E-state index contributed by atoms with van der Waals surface area (Å²) in [4.78, 5) is 9.38. The number of hydrogen-bond donors (Lipinski definition) is 1. The minimum absolute atomic E-state index is 0. The number of likely N-dealkylation sites (tertiary alicyclic amines) is 1. The summed E-state index contributed by atoms with van der Waals surface area (Å²) in [6.07, 6.45) is 3.90. The van der Waals surface area contributed by atoms with Crippen LogP contribution >= 0.6 is 24.0 Å². The van der Waals surface area contributed by atoms with Crippen LogP contribution in [0.3, 0.4) is 0 Å². The van der Waals surface area contributed by atoms with Crippen molar-refractivity contribution < 1.29 is 4.74 Å². The van der Waals surface area contributed by atoms with Crippen molar-refractivity contribution in [2.45, 2.75) is 32.4 Å². The Hall–Kier alpha value is -0.940. The zero-order chi connectivity index (χ0) is 16.8. The van der Waals surface area contributed by atoms with Crippen molar-refractivity contribution in [3.8, 4) is 0 Å². The van der Waals surface area contributed by atoms with E-state index in [0.717, 1.165) is 70.7 Å². The van der Waals surface area contributed by atoms with E-state index in [1.54, 1.807) is 6.33 Å². The van der Waals surface area contributed by atoms with Gasteiger partial charge >= 0.3 is 0 Å². The van der Waals surface area contributed by atoms with Gasteiger partial charge in [-0.3, -0.25) is 9.89 Å². The van der Waals surface area contributed by atoms with E-state index in [-0.39, 0.29) is 24.0 Å². The van der Waals surface area contributed by atoms with Crippen LogP contribution in [-0.2, 0) is 17.7 Å². The minimum Gasteiger partial charge on any atom is -0.379 e. The van der Waals surface area contributed by atoms with Crippen molar-refractivity contribution in [3.63, 3.8) is 0 Å². The summed E-state index contributed by atoms with van der Waals surface area (Å²) in [5.74, 6) is 2.03. The van der Waals surface area contributed by atoms with E-state index in [0.29, 0.717) is 6.04 Å². The van der Waals surface area contributed by atoms with Crippen LogP contribution in [-0.4, -0.2) is 89.6 Å². The average molecular weight is 463 g/mol. The Morgan fingerprint density at radius 2 is 2.16 bits per heavy atom. The van der Waals surface area contributed by atoms with E-state index in [1.165, 1.54) is 6.42 Å². The molecule has 2 saturated heterocycles. The first kappa shape index (κ1) is 20.4. The van der Waals surface area contributed by atoms with Crippen molar-refractivity contribution in [1.82, 2.24) is 29.9 Å². The number of nitrogens with one attached hydrogen (secondary N) is 1. The Labute approximate surface area is 167 Å². The molecule has 2 aliphatic rings. The first-order chi connectivity index (χ1) is 11.8. The molecule has 25 heavy (non-hydrogen) atoms. The van der Waals surface area contributed by atoms with E-state index in [9.17, 15) is 0 Å². The Kier molecular flexibility index (Phi) is 8.37. The highest BCUT2D eigenvalue weighted by Crippen LogP contribution is 2.16. The lowest BCUT2D eigenvalue weighted by Crippen LogP contribution is -2.47. The second-order valence-electron chi connectivity index (χ2n) is 6.30. The highest BCUT2D eigenvalue weighted by atomic mass is 127. The lowest BCUT2D eigenvalue weighted by molar-refractivity contribution is 0.0195. The Morgan fingerprint density at radius 3 is 2.88 bits per heavy atom. The molecule has 1 atom stereocenters. The summed E-state index contributed by atoms with van der Waals surface area (Å²) >= 11 is 0. The SMILES string of the molecule is CCc1nncn1CCNC(=NC)N1CCC(N2CCOCC2)C1.I. The van der Waals surface area contributed by atoms with Gasteiger partial charge in [0.2, 0.25) is 0 Å². The summed E-state index contributed by atoms with van der Waals surface area (Å²) in [6.45, 7) is 9.73. The number of rotatable bonds is 5. The van der Waals surface area contributed by atoms with Crippen LogP contribution in [0, 0.1) is 0 Å². The van der Waals surface area contributed by atoms with Crippen molar-refractivity contribution >= 4 is 29.9 Å². The van der Waals surface area contributed by atoms with E-state index in [2.05, 4.69) is 41.8 Å². The molecule has 1 aromatic rings. The topological polar surface area (TPSA) is 70.8 Å². The maximum absolute atomic E-state index is 5.46. The molecule has 0 amide bonds. The molecular weight excluding hydrogens is 433 g/mol. The third-order valence-corrected chi connectivity index (χ3v) is 4.88. The molecule has 142 valence electrons. The van der Waals surface area contributed by atoms with Gasteiger partial charge < -0.3 is 19.5 Å². The number of aliphatic imine (C=N–C) groups is 1. The molecule has 0 aliphatic carbocycles. The number of ether oxygens (including phenoxy) is 1. The molecule has 1 unspecified atom stereocenters. The lowest BCUT2D eigenvalue weighted by atomic mass is 10.2. The normalized spacial score (nSPS) is 22.1. The first-order valence-electron chi connectivity index (χ1n) is 8.96. The van der Waals surface area contributed by atoms with Crippen molar-refractivity contribution in [1.29, 1.82) is 0 Å². The summed E-state index contributed by atoms with van der Waals surface area (Å²) in [5, 5.41) is 11.6. The smallest absolute Gasteiger partial charge is 0.193 e. The second kappa shape index (κ2) is 10.3. The number of hydrogen-bond acceptors (Lipinski definition) is 5. The van der Waals surface area contributed by atoms with Crippen molar-refractivity contribution in [3.05, 3.63) is 12.2 Å². The molecule has 0 saturated carbocycles. The van der Waals surface area contributed by atoms with Gasteiger partial charge in [-0.15, -0.1) is 34.2 Å². The van der Waals surface area contributed by atoms with Gasteiger partial charge in [-0.2, -0.15) is 0 Å². The Bertz CT molecular complexity index is 544. The fourth-order valence-corrected chi connectivity index (χ4v) is 3.53. The molecule has 0 aromatic carbocycles. The molecule has 8 nitrogen and oxygen atoms in total. The summed E-state index contributed by atoms with van der Waals surface area (Å²) in [5.41, 5.74) is 0. The summed E-state index contributed by atoms with van der Waals surface area (Å²) in [7, 11) is 1.86. The summed E-state index contributed by atoms with van der Waals surface area (Å²) in [6, 6.07) is 0.622. The molecular formula is C16H30IN7O. The predicted molar refractivity (Wildman–Crippen MR) is 109 cm³/mol. The highest BCUT2D eigenvalue weighted by Gasteiger charge is 2.30. The number of halogens is 1. The van der Waals surface area contributed by atoms with E-state index in [1.807, 2.05) is 7.05 Å². The zero-order valence-electron chi connectivity index (χ0n) is 15.2. The number of nitrogens with zero attached hydrogens (tertiary/aromatic N) is 6. The zero-order valence-corrected chi connectivity index (χ0v) is 17.6. The highest BCUT2D eigenvalue weighted by molar-refractivity contribution is 14.0. The van der Waals surface area contributed by atoms with Crippen LogP contribution in [0.1, 0.15) is 19.2 Å². The molecule has 1 aromatic heterocycles. The number of aromatic nitrogens is 3. The molecule has 1 N–H and O–H groups in total. The molecule has 0 bridgehead atoms. The minimum atomic E-state index is 0. The van der Waals surface area contributed by atoms with Gasteiger partial charge in [0.15, 0.2) is 5.96 Å². The number of guanidine groups is 1. The van der Waals surface area contributed by atoms with Gasteiger partial charge in [0.05, 0.1) is 13.2 Å². The van der Waals surface area contributed by atoms with Crippen LogP contribution in [0.25, 0.3) is 0 Å². The maximum atomic E-state index is 5.46. The fraction of sp³-hybridized carbons (Fsp3) is 0.812. The third kappa shape index (κ3) is 5.27. The largest absolute Gasteiger partial charge is 0.379 e. The third-order valence-electron chi connectivity index (χ3n) is 4.88. The van der Waals surface area contributed by atoms with Gasteiger partial charge in [-0.05, 0) is 6.42 Å². The fourth-order valence-electron chi connectivity index (χ4n) is 3.53. The van der Waals surface area contributed by atoms with E-state index < -0.39 is 0 Å². The lowest BCUT2D eigenvalue weighted by Gasteiger charge is -2.32. The molecule has 0 radical (unpaired) electrons. The van der Waals surface area contributed by atoms with Crippen molar-refractivity contribution in [2.75, 3.05) is 53.0 Å². The van der Waals surface area contributed by atoms with Gasteiger partial charge in [0.1, 0.15) is 12.2 Å². The average Bonchev–Trinajstić information content (AvgIpc) is 3.29. The number of morpholine rings is 1. The van der Waals surface area contributed by atoms with Gasteiger partial charge in [-0.1, -0.05) is 6.92 Å². The molecule has 3 rings (SSSR count). The molecule has 9 heteroatoms. The predicted octanol–water partition coefficient (Wildman–Crippen LogP) is 0.440. The van der Waals surface area contributed by atoms with E-state index >= 15 is 0 Å². The Balaban J connectivity index is 0.00000225. The molecule has 2 aliphatic heterocycles. The quantitative estimate of drug-likeness (QED) is 0.389. The van der Waals surface area contributed by atoms with Gasteiger partial charge in [-0.25, -0.2) is 0 Å². The van der Waals surface area contributed by atoms with Crippen LogP contribution < -0.4 is 5.32 Å². The van der Waals surface area contributed by atoms with Crippen LogP contribution in [0.5, 0.6) is 0 Å². The standard InChI is InChI=1S/C16H29N7O.HI/c1-3-15-20-19-13-23(15)7-5-18-16(17-2)22-6-4-14(12-22)21-8-10-24-11-9-21;/h13-14H,3-12H2,1-2H3,(H,17,18);1H. The second-order valence-corrected chi connectivity index (χ2v) is 6.30. The maximum Gasteiger partial charge on any atom is 0.193 e. The Morgan fingerprint density at radius 1 is 1.36 bits per heavy atom. The molecule has 3 heterocycles. The molecule has 0 spiro atoms. The summed E-state index contributed by atoms with van der Waals surface area (Å²) < 4.78 is 7.56. The number of aryl methyl sites for hydroxylation is 1. The van der Waals surface area contributed by atoms with Crippen LogP contribution in [0.4, 0.5) is 0 Å². The molecule has 2 fully saturated rings. The van der Waals surface area contributed by atoms with E-state index in [4.69, 9.17) is 4.74 Å². The first-order valence-corrected chi connectivity index (χ1v) is 8.96. The van der Waals surface area contributed by atoms with Crippen LogP contribution in [0.2, 0.25) is 0 Å². The monoisotopic (exact) mass is 463 g/mol. The van der Waals surface area contributed by atoms with Crippen LogP contribution in [0.15, 0.2) is 11.3 Å².